The van der Waals surface area contributed by atoms with Crippen LogP contribution in [0.25, 0.3) is 5.57 Å². The van der Waals surface area contributed by atoms with Gasteiger partial charge in [0.15, 0.2) is 6.61 Å². The van der Waals surface area contributed by atoms with Crippen molar-refractivity contribution in [3.05, 3.63) is 87.0 Å². The Morgan fingerprint density at radius 3 is 2.55 bits per heavy atom. The van der Waals surface area contributed by atoms with Crippen LogP contribution >= 0.6 is 0 Å². The summed E-state index contributed by atoms with van der Waals surface area (Å²) >= 11 is 0. The van der Waals surface area contributed by atoms with Crippen molar-refractivity contribution in [2.24, 2.45) is 0 Å². The number of nitrogens with one attached hydrogen (secondary N) is 1. The Bertz CT molecular complexity index is 1080. The summed E-state index contributed by atoms with van der Waals surface area (Å²) in [6.45, 7) is 1.52. The third-order valence-corrected chi connectivity index (χ3v) is 4.70. The Balaban J connectivity index is 2.16. The van der Waals surface area contributed by atoms with Gasteiger partial charge in [0.05, 0.1) is 16.2 Å². The summed E-state index contributed by atoms with van der Waals surface area (Å²) in [6.07, 6.45) is -3.16. The van der Waals surface area contributed by atoms with Crippen LogP contribution in [0.15, 0.2) is 65.6 Å². The highest BCUT2D eigenvalue weighted by atomic mass is 19.4. The summed E-state index contributed by atoms with van der Waals surface area (Å²) in [5.74, 6) is -2.09. The maximum absolute atomic E-state index is 12.7. The van der Waals surface area contributed by atoms with E-state index in [2.05, 4.69) is 15.0 Å². The van der Waals surface area contributed by atoms with Gasteiger partial charge in [0.25, 0.3) is 5.69 Å². The van der Waals surface area contributed by atoms with Crippen molar-refractivity contribution in [3.8, 4) is 0 Å². The maximum Gasteiger partial charge on any atom is 0.422 e. The van der Waals surface area contributed by atoms with Gasteiger partial charge in [0.2, 0.25) is 0 Å². The number of aromatic nitrogens is 1. The summed E-state index contributed by atoms with van der Waals surface area (Å²) in [4.78, 5) is 27.7. The molecule has 3 rings (SSSR count). The van der Waals surface area contributed by atoms with E-state index in [0.29, 0.717) is 28.2 Å². The number of dihydropyridines is 1. The zero-order valence-corrected chi connectivity index (χ0v) is 16.6. The van der Waals surface area contributed by atoms with Gasteiger partial charge in [-0.15, -0.1) is 0 Å². The highest BCUT2D eigenvalue weighted by molar-refractivity contribution is 5.97. The summed E-state index contributed by atoms with van der Waals surface area (Å²) < 4.78 is 42.5. The van der Waals surface area contributed by atoms with E-state index in [9.17, 15) is 28.1 Å². The fourth-order valence-electron chi connectivity index (χ4n) is 3.50. The van der Waals surface area contributed by atoms with Crippen molar-refractivity contribution in [2.75, 3.05) is 6.61 Å². The molecular formula is C21H18F3N3O4. The van der Waals surface area contributed by atoms with Crippen LogP contribution in [0.5, 0.6) is 0 Å². The Hall–Kier alpha value is -3.69. The van der Waals surface area contributed by atoms with Crippen LogP contribution in [0, 0.1) is 10.1 Å². The molecule has 0 spiro atoms. The number of allylic oxidation sites excluding steroid dienone is 3. The largest absolute Gasteiger partial charge is 0.453 e. The average molecular weight is 433 g/mol. The number of benzene rings is 1. The highest BCUT2D eigenvalue weighted by Crippen LogP contribution is 2.43. The minimum Gasteiger partial charge on any atom is -0.453 e. The SMILES string of the molecule is CC1=C(C(=O)OCC(F)(F)F)C(c2cccc([N+](=O)[O-])c2)C(c2ccccn2)=C(C)N1. The quantitative estimate of drug-likeness (QED) is 0.424. The molecule has 0 bridgehead atoms. The third-order valence-electron chi connectivity index (χ3n) is 4.70. The van der Waals surface area contributed by atoms with Gasteiger partial charge < -0.3 is 10.1 Å². The lowest BCUT2D eigenvalue weighted by molar-refractivity contribution is -0.384. The molecule has 31 heavy (non-hydrogen) atoms. The van der Waals surface area contributed by atoms with E-state index in [-0.39, 0.29) is 11.3 Å². The Labute approximate surface area is 175 Å². The second-order valence-electron chi connectivity index (χ2n) is 6.89. The molecular weight excluding hydrogens is 415 g/mol. The number of non-ortho nitro benzene ring substituents is 1. The first-order valence-corrected chi connectivity index (χ1v) is 9.16. The lowest BCUT2D eigenvalue weighted by Crippen LogP contribution is -2.30. The zero-order valence-electron chi connectivity index (χ0n) is 16.6. The minimum atomic E-state index is -4.69. The molecule has 0 radical (unpaired) electrons. The number of carbonyl (C=O) groups excluding carboxylic acids is 1. The molecule has 1 aromatic heterocycles. The first-order chi connectivity index (χ1) is 14.6. The molecule has 2 aromatic rings. The number of halogens is 3. The third kappa shape index (κ3) is 4.90. The number of pyridine rings is 1. The summed E-state index contributed by atoms with van der Waals surface area (Å²) in [5, 5.41) is 14.3. The fraction of sp³-hybridized carbons (Fsp3) is 0.238. The van der Waals surface area contributed by atoms with Crippen LogP contribution in [0.2, 0.25) is 0 Å². The Morgan fingerprint density at radius 1 is 1.19 bits per heavy atom. The van der Waals surface area contributed by atoms with Gasteiger partial charge in [-0.3, -0.25) is 15.1 Å². The van der Waals surface area contributed by atoms with Crippen molar-refractivity contribution in [1.82, 2.24) is 10.3 Å². The number of rotatable bonds is 5. The molecule has 1 atom stereocenters. The van der Waals surface area contributed by atoms with Crippen LogP contribution in [-0.4, -0.2) is 28.7 Å². The molecule has 0 saturated carbocycles. The van der Waals surface area contributed by atoms with Gasteiger partial charge in [-0.25, -0.2) is 4.79 Å². The summed E-state index contributed by atoms with van der Waals surface area (Å²) in [5.41, 5.74) is 1.95. The van der Waals surface area contributed by atoms with Gasteiger partial charge in [-0.1, -0.05) is 18.2 Å². The van der Waals surface area contributed by atoms with E-state index in [1.807, 2.05) is 0 Å². The normalized spacial score (nSPS) is 16.7. The fourth-order valence-corrected chi connectivity index (χ4v) is 3.50. The number of ether oxygens (including phenoxy) is 1. The topological polar surface area (TPSA) is 94.4 Å². The summed E-state index contributed by atoms with van der Waals surface area (Å²) in [7, 11) is 0. The molecule has 7 nitrogen and oxygen atoms in total. The predicted molar refractivity (Wildman–Crippen MR) is 106 cm³/mol. The predicted octanol–water partition coefficient (Wildman–Crippen LogP) is 4.49. The number of nitro groups is 1. The van der Waals surface area contributed by atoms with Gasteiger partial charge >= 0.3 is 12.1 Å². The first kappa shape index (κ1) is 22.0. The van der Waals surface area contributed by atoms with E-state index in [1.165, 1.54) is 31.3 Å². The Kier molecular flexibility index (Phi) is 6.09. The molecule has 0 amide bonds. The van der Waals surface area contributed by atoms with E-state index in [1.54, 1.807) is 31.2 Å². The second kappa shape index (κ2) is 8.58. The zero-order chi connectivity index (χ0) is 22.8. The highest BCUT2D eigenvalue weighted by Gasteiger charge is 2.38. The number of nitrogens with zero attached hydrogens (tertiary/aromatic N) is 2. The smallest absolute Gasteiger partial charge is 0.422 e. The molecule has 1 aliphatic heterocycles. The molecule has 1 aromatic carbocycles. The standard InChI is InChI=1S/C21H18F3N3O4/c1-12-17(16-8-3-4-9-25-16)19(14-6-5-7-15(10-14)27(29)30)18(13(2)26-12)20(28)31-11-21(22,23)24/h3-10,19,26H,11H2,1-2H3. The van der Waals surface area contributed by atoms with Gasteiger partial charge in [-0.2, -0.15) is 13.2 Å². The lowest BCUT2D eigenvalue weighted by Gasteiger charge is -2.31. The molecule has 162 valence electrons. The van der Waals surface area contributed by atoms with Crippen LogP contribution in [0.3, 0.4) is 0 Å². The van der Waals surface area contributed by atoms with Crippen molar-refractivity contribution >= 4 is 17.2 Å². The maximum atomic E-state index is 12.7. The number of hydrogen-bond donors (Lipinski definition) is 1. The molecule has 1 aliphatic rings. The van der Waals surface area contributed by atoms with Crippen LogP contribution in [-0.2, 0) is 9.53 Å². The molecule has 0 saturated heterocycles. The number of esters is 1. The molecule has 1 unspecified atom stereocenters. The summed E-state index contributed by atoms with van der Waals surface area (Å²) in [6, 6.07) is 10.7. The molecule has 10 heteroatoms. The number of hydrogen-bond acceptors (Lipinski definition) is 6. The van der Waals surface area contributed by atoms with Gasteiger partial charge in [0, 0.05) is 41.2 Å². The van der Waals surface area contributed by atoms with E-state index >= 15 is 0 Å². The lowest BCUT2D eigenvalue weighted by atomic mass is 9.79. The van der Waals surface area contributed by atoms with E-state index in [4.69, 9.17) is 0 Å². The molecule has 1 N–H and O–H groups in total. The van der Waals surface area contributed by atoms with Gasteiger partial charge in [0.1, 0.15) is 0 Å². The average Bonchev–Trinajstić information content (AvgIpc) is 2.71. The second-order valence-corrected chi connectivity index (χ2v) is 6.89. The Morgan fingerprint density at radius 2 is 1.94 bits per heavy atom. The minimum absolute atomic E-state index is 0.0731. The van der Waals surface area contributed by atoms with Crippen LogP contribution in [0.4, 0.5) is 18.9 Å². The monoisotopic (exact) mass is 433 g/mol. The number of alkyl halides is 3. The van der Waals surface area contributed by atoms with Crippen molar-refractivity contribution in [1.29, 1.82) is 0 Å². The molecule has 2 heterocycles. The molecule has 0 aliphatic carbocycles. The number of carbonyl (C=O) groups is 1. The van der Waals surface area contributed by atoms with Crippen molar-refractivity contribution in [2.45, 2.75) is 25.9 Å². The number of nitro benzene ring substituents is 1. The molecule has 0 fully saturated rings. The van der Waals surface area contributed by atoms with Crippen molar-refractivity contribution < 1.29 is 27.6 Å². The van der Waals surface area contributed by atoms with Crippen molar-refractivity contribution in [3.63, 3.8) is 0 Å². The first-order valence-electron chi connectivity index (χ1n) is 9.16. The van der Waals surface area contributed by atoms with Crippen LogP contribution in [0.1, 0.15) is 31.0 Å². The van der Waals surface area contributed by atoms with Crippen LogP contribution < -0.4 is 5.32 Å². The van der Waals surface area contributed by atoms with E-state index < -0.39 is 29.6 Å². The van der Waals surface area contributed by atoms with Gasteiger partial charge in [-0.05, 0) is 31.5 Å². The van der Waals surface area contributed by atoms with E-state index in [0.717, 1.165) is 0 Å².